The van der Waals surface area contributed by atoms with Gasteiger partial charge in [0, 0.05) is 12.3 Å². The van der Waals surface area contributed by atoms with Gasteiger partial charge in [0.2, 0.25) is 5.88 Å². The van der Waals surface area contributed by atoms with Crippen LogP contribution in [-0.4, -0.2) is 12.1 Å². The molecule has 3 aliphatic carbocycles. The van der Waals surface area contributed by atoms with Gasteiger partial charge in [0.1, 0.15) is 0 Å². The highest BCUT2D eigenvalue weighted by Gasteiger charge is 2.68. The number of hydrogen-bond acceptors (Lipinski definition) is 2. The molecule has 0 saturated heterocycles. The van der Waals surface area contributed by atoms with E-state index in [9.17, 15) is 0 Å². The maximum absolute atomic E-state index is 5.14. The highest BCUT2D eigenvalue weighted by molar-refractivity contribution is 5.52. The maximum Gasteiger partial charge on any atom is 0.213 e. The van der Waals surface area contributed by atoms with Crippen LogP contribution < -0.4 is 4.74 Å². The van der Waals surface area contributed by atoms with Crippen LogP contribution in [0.25, 0.3) is 0 Å². The minimum Gasteiger partial charge on any atom is -0.481 e. The number of rotatable bonds is 1. The molecule has 1 aromatic heterocycles. The van der Waals surface area contributed by atoms with E-state index in [1.165, 1.54) is 17.5 Å². The number of methoxy groups -OCH3 is 1. The minimum absolute atomic E-state index is 0.781. The van der Waals surface area contributed by atoms with Crippen molar-refractivity contribution < 1.29 is 4.74 Å². The predicted octanol–water partition coefficient (Wildman–Crippen LogP) is 1.92. The van der Waals surface area contributed by atoms with E-state index in [2.05, 4.69) is 11.1 Å². The molecule has 4 rings (SSSR count). The summed E-state index contributed by atoms with van der Waals surface area (Å²) in [7, 11) is 1.69. The first-order valence-electron chi connectivity index (χ1n) is 4.94. The summed E-state index contributed by atoms with van der Waals surface area (Å²) in [5.41, 5.74) is 3.05. The monoisotopic (exact) mass is 173 g/mol. The van der Waals surface area contributed by atoms with Crippen LogP contribution >= 0.6 is 0 Å². The molecule has 4 atom stereocenters. The number of aromatic nitrogens is 1. The Labute approximate surface area is 76.9 Å². The van der Waals surface area contributed by atoms with Gasteiger partial charge in [-0.25, -0.2) is 4.98 Å². The van der Waals surface area contributed by atoms with E-state index in [1.54, 1.807) is 7.11 Å². The lowest BCUT2D eigenvalue weighted by Gasteiger charge is -2.26. The Balaban J connectivity index is 1.91. The summed E-state index contributed by atoms with van der Waals surface area (Å²) in [6.07, 6.45) is 3.46. The summed E-state index contributed by atoms with van der Waals surface area (Å²) in [6, 6.07) is 2.14. The molecule has 0 radical (unpaired) electrons. The van der Waals surface area contributed by atoms with Crippen molar-refractivity contribution in [2.75, 3.05) is 7.11 Å². The van der Waals surface area contributed by atoms with Crippen LogP contribution in [0, 0.1) is 11.8 Å². The molecule has 3 aliphatic rings. The fourth-order valence-electron chi connectivity index (χ4n) is 3.45. The normalized spacial score (nSPS) is 41.9. The Bertz CT molecular complexity index is 401. The number of hydrogen-bond donors (Lipinski definition) is 0. The molecule has 0 bridgehead atoms. The number of nitrogens with zero attached hydrogens (tertiary/aromatic N) is 1. The van der Waals surface area contributed by atoms with Gasteiger partial charge in [-0.1, -0.05) is 0 Å². The van der Waals surface area contributed by atoms with E-state index >= 15 is 0 Å². The molecule has 2 nitrogen and oxygen atoms in total. The molecule has 0 spiro atoms. The van der Waals surface area contributed by atoms with Crippen molar-refractivity contribution in [1.29, 1.82) is 0 Å². The average molecular weight is 173 g/mol. The predicted molar refractivity (Wildman–Crippen MR) is 47.9 cm³/mol. The van der Waals surface area contributed by atoms with Crippen LogP contribution in [0.15, 0.2) is 12.3 Å². The van der Waals surface area contributed by atoms with Gasteiger partial charge >= 0.3 is 0 Å². The standard InChI is InChI=1S/C11H11NO/c1-13-9-3-5-6-2-7-10(6)11(7)8(5)4-12-9/h3-4,6-7,10-11H,2H2,1H3. The van der Waals surface area contributed by atoms with Gasteiger partial charge in [-0.2, -0.15) is 0 Å². The molecule has 0 aromatic carbocycles. The van der Waals surface area contributed by atoms with Crippen LogP contribution in [0.3, 0.4) is 0 Å². The Kier molecular flexibility index (Phi) is 0.859. The quantitative estimate of drug-likeness (QED) is 0.647. The summed E-state index contributed by atoms with van der Waals surface area (Å²) in [6.45, 7) is 0. The number of ether oxygens (including phenoxy) is 1. The molecule has 0 aliphatic heterocycles. The van der Waals surface area contributed by atoms with E-state index in [-0.39, 0.29) is 0 Å². The Morgan fingerprint density at radius 3 is 3.23 bits per heavy atom. The lowest BCUT2D eigenvalue weighted by Crippen LogP contribution is -2.14. The first-order valence-corrected chi connectivity index (χ1v) is 4.94. The molecule has 0 N–H and O–H groups in total. The summed E-state index contributed by atoms with van der Waals surface area (Å²) in [5, 5.41) is 0. The zero-order valence-corrected chi connectivity index (χ0v) is 7.53. The van der Waals surface area contributed by atoms with Gasteiger partial charge in [-0.05, 0) is 41.2 Å². The second kappa shape index (κ2) is 1.74. The molecule has 66 valence electrons. The largest absolute Gasteiger partial charge is 0.481 e. The molecule has 4 unspecified atom stereocenters. The highest BCUT2D eigenvalue weighted by atomic mass is 16.5. The van der Waals surface area contributed by atoms with Gasteiger partial charge in [0.25, 0.3) is 0 Å². The van der Waals surface area contributed by atoms with Crippen LogP contribution in [0.2, 0.25) is 0 Å². The number of fused-ring (bicyclic) bond motifs is 4. The van der Waals surface area contributed by atoms with E-state index in [1.807, 2.05) is 6.20 Å². The van der Waals surface area contributed by atoms with Gasteiger partial charge in [0.05, 0.1) is 7.11 Å². The Morgan fingerprint density at radius 2 is 2.38 bits per heavy atom. The van der Waals surface area contributed by atoms with Crippen molar-refractivity contribution in [1.82, 2.24) is 4.98 Å². The average Bonchev–Trinajstić information content (AvgIpc) is 2.63. The van der Waals surface area contributed by atoms with Crippen molar-refractivity contribution in [2.45, 2.75) is 18.3 Å². The summed E-state index contributed by atoms with van der Waals surface area (Å²) < 4.78 is 5.14. The molecule has 0 amide bonds. The van der Waals surface area contributed by atoms with E-state index in [4.69, 9.17) is 4.74 Å². The smallest absolute Gasteiger partial charge is 0.213 e. The lowest BCUT2D eigenvalue weighted by molar-refractivity contribution is 0.376. The third-order valence-corrected chi connectivity index (χ3v) is 4.13. The van der Waals surface area contributed by atoms with Gasteiger partial charge in [0.15, 0.2) is 0 Å². The molecular weight excluding hydrogens is 162 g/mol. The van der Waals surface area contributed by atoms with Crippen molar-refractivity contribution in [3.05, 3.63) is 23.4 Å². The van der Waals surface area contributed by atoms with Crippen molar-refractivity contribution >= 4 is 0 Å². The SMILES string of the molecule is COc1cc2c(cn1)C1C3CC2C31. The van der Waals surface area contributed by atoms with Gasteiger partial charge in [-0.15, -0.1) is 0 Å². The van der Waals surface area contributed by atoms with Crippen LogP contribution in [0.5, 0.6) is 5.88 Å². The topological polar surface area (TPSA) is 22.1 Å². The van der Waals surface area contributed by atoms with Gasteiger partial charge in [-0.3, -0.25) is 0 Å². The molecule has 2 saturated carbocycles. The first-order chi connectivity index (χ1) is 6.40. The van der Waals surface area contributed by atoms with Gasteiger partial charge < -0.3 is 4.74 Å². The van der Waals surface area contributed by atoms with E-state index < -0.39 is 0 Å². The lowest BCUT2D eigenvalue weighted by atomic mass is 9.79. The molecule has 1 aromatic rings. The van der Waals surface area contributed by atoms with Crippen LogP contribution in [0.1, 0.15) is 29.4 Å². The van der Waals surface area contributed by atoms with Crippen molar-refractivity contribution in [3.63, 3.8) is 0 Å². The first kappa shape index (κ1) is 6.41. The fraction of sp³-hybridized carbons (Fsp3) is 0.545. The Morgan fingerprint density at radius 1 is 1.46 bits per heavy atom. The number of pyridine rings is 1. The third-order valence-electron chi connectivity index (χ3n) is 4.13. The van der Waals surface area contributed by atoms with E-state index in [0.29, 0.717) is 0 Å². The second-order valence-corrected chi connectivity index (χ2v) is 4.46. The molecule has 13 heavy (non-hydrogen) atoms. The molecular formula is C11H11NO. The van der Waals surface area contributed by atoms with Crippen LogP contribution in [0.4, 0.5) is 0 Å². The summed E-state index contributed by atoms with van der Waals surface area (Å²) >= 11 is 0. The van der Waals surface area contributed by atoms with E-state index in [0.717, 1.165) is 29.6 Å². The molecule has 2 fully saturated rings. The third kappa shape index (κ3) is 0.550. The van der Waals surface area contributed by atoms with Crippen molar-refractivity contribution in [3.8, 4) is 5.88 Å². The molecule has 1 heterocycles. The molecule has 2 heteroatoms. The zero-order valence-electron chi connectivity index (χ0n) is 7.53. The maximum atomic E-state index is 5.14. The highest BCUT2D eigenvalue weighted by Crippen LogP contribution is 2.78. The summed E-state index contributed by atoms with van der Waals surface area (Å²) in [5.74, 6) is 4.57. The van der Waals surface area contributed by atoms with Crippen LogP contribution in [-0.2, 0) is 0 Å². The zero-order chi connectivity index (χ0) is 8.58. The second-order valence-electron chi connectivity index (χ2n) is 4.46. The minimum atomic E-state index is 0.781. The summed E-state index contributed by atoms with van der Waals surface area (Å²) in [4.78, 5) is 4.28. The Hall–Kier alpha value is -1.05. The van der Waals surface area contributed by atoms with Crippen molar-refractivity contribution in [2.24, 2.45) is 11.8 Å². The fourth-order valence-corrected chi connectivity index (χ4v) is 3.45.